The molecule has 2 nitrogen and oxygen atoms in total. The van der Waals surface area contributed by atoms with E-state index in [0.717, 1.165) is 16.9 Å². The lowest BCUT2D eigenvalue weighted by molar-refractivity contribution is 0.243. The molecule has 0 amide bonds. The minimum absolute atomic E-state index is 0.309. The van der Waals surface area contributed by atoms with Crippen LogP contribution in [0.4, 0.5) is 0 Å². The minimum Gasteiger partial charge on any atom is -0.324 e. The zero-order valence-corrected chi connectivity index (χ0v) is 10.5. The number of hydrogen-bond donors (Lipinski definition) is 1. The van der Waals surface area contributed by atoms with E-state index in [1.807, 2.05) is 0 Å². The van der Waals surface area contributed by atoms with Gasteiger partial charge in [-0.05, 0) is 12.3 Å². The van der Waals surface area contributed by atoms with Gasteiger partial charge in [0.15, 0.2) is 0 Å². The van der Waals surface area contributed by atoms with Gasteiger partial charge in [0, 0.05) is 36.2 Å². The SMILES string of the molecule is CC1CN(CC2C=CC(N)C2)CC(C)S1. The van der Waals surface area contributed by atoms with Gasteiger partial charge in [0.25, 0.3) is 0 Å². The predicted molar refractivity (Wildman–Crippen MR) is 68.2 cm³/mol. The summed E-state index contributed by atoms with van der Waals surface area (Å²) in [4.78, 5) is 2.61. The first-order chi connectivity index (χ1) is 7.13. The Morgan fingerprint density at radius 3 is 2.47 bits per heavy atom. The maximum Gasteiger partial charge on any atom is 0.0229 e. The molecule has 0 spiro atoms. The first-order valence-corrected chi connectivity index (χ1v) is 6.89. The first-order valence-electron chi connectivity index (χ1n) is 5.95. The molecule has 2 rings (SSSR count). The van der Waals surface area contributed by atoms with Gasteiger partial charge < -0.3 is 10.6 Å². The Kier molecular flexibility index (Phi) is 3.75. The van der Waals surface area contributed by atoms with Crippen LogP contribution in [0.15, 0.2) is 12.2 Å². The molecule has 86 valence electrons. The highest BCUT2D eigenvalue weighted by atomic mass is 32.2. The molecule has 1 aliphatic carbocycles. The number of hydrogen-bond acceptors (Lipinski definition) is 3. The summed E-state index contributed by atoms with van der Waals surface area (Å²) in [6.45, 7) is 8.37. The smallest absolute Gasteiger partial charge is 0.0229 e. The van der Waals surface area contributed by atoms with E-state index >= 15 is 0 Å². The highest BCUT2D eigenvalue weighted by molar-refractivity contribution is 8.00. The van der Waals surface area contributed by atoms with Crippen molar-refractivity contribution in [2.24, 2.45) is 11.7 Å². The van der Waals surface area contributed by atoms with Gasteiger partial charge >= 0.3 is 0 Å². The van der Waals surface area contributed by atoms with Crippen molar-refractivity contribution in [2.75, 3.05) is 19.6 Å². The fourth-order valence-corrected chi connectivity index (χ4v) is 4.09. The molecule has 15 heavy (non-hydrogen) atoms. The highest BCUT2D eigenvalue weighted by Crippen LogP contribution is 2.26. The summed E-state index contributed by atoms with van der Waals surface area (Å²) in [5.74, 6) is 0.697. The molecular formula is C12H22N2S. The second kappa shape index (κ2) is 4.89. The lowest BCUT2D eigenvalue weighted by Crippen LogP contribution is -2.42. The van der Waals surface area contributed by atoms with Gasteiger partial charge in [0.1, 0.15) is 0 Å². The maximum atomic E-state index is 5.88. The summed E-state index contributed by atoms with van der Waals surface area (Å²) in [6, 6.07) is 0.309. The zero-order chi connectivity index (χ0) is 10.8. The largest absolute Gasteiger partial charge is 0.324 e. The second-order valence-electron chi connectivity index (χ2n) is 5.02. The van der Waals surface area contributed by atoms with E-state index in [1.54, 1.807) is 0 Å². The molecule has 0 aromatic rings. The summed E-state index contributed by atoms with van der Waals surface area (Å²) in [7, 11) is 0. The fraction of sp³-hybridized carbons (Fsp3) is 0.833. The topological polar surface area (TPSA) is 29.3 Å². The molecule has 1 fully saturated rings. The molecule has 4 unspecified atom stereocenters. The third kappa shape index (κ3) is 3.23. The summed E-state index contributed by atoms with van der Waals surface area (Å²) < 4.78 is 0. The average molecular weight is 226 g/mol. The van der Waals surface area contributed by atoms with Gasteiger partial charge in [0.2, 0.25) is 0 Å². The third-order valence-corrected chi connectivity index (χ3v) is 4.42. The summed E-state index contributed by atoms with van der Waals surface area (Å²) in [5, 5.41) is 1.57. The monoisotopic (exact) mass is 226 g/mol. The van der Waals surface area contributed by atoms with Crippen LogP contribution in [0, 0.1) is 5.92 Å². The fourth-order valence-electron chi connectivity index (χ4n) is 2.71. The van der Waals surface area contributed by atoms with Crippen LogP contribution < -0.4 is 5.73 Å². The quantitative estimate of drug-likeness (QED) is 0.727. The number of nitrogens with zero attached hydrogens (tertiary/aromatic N) is 1. The van der Waals surface area contributed by atoms with Crippen molar-refractivity contribution < 1.29 is 0 Å². The van der Waals surface area contributed by atoms with Crippen molar-refractivity contribution in [1.82, 2.24) is 4.90 Å². The molecule has 2 N–H and O–H groups in total. The Labute approximate surface area is 97.3 Å². The van der Waals surface area contributed by atoms with Crippen LogP contribution in [0.5, 0.6) is 0 Å². The van der Waals surface area contributed by atoms with E-state index in [9.17, 15) is 0 Å². The van der Waals surface area contributed by atoms with Gasteiger partial charge in [-0.2, -0.15) is 11.8 Å². The van der Waals surface area contributed by atoms with E-state index in [-0.39, 0.29) is 0 Å². The van der Waals surface area contributed by atoms with E-state index in [0.29, 0.717) is 12.0 Å². The molecule has 4 atom stereocenters. The van der Waals surface area contributed by atoms with Crippen molar-refractivity contribution in [3.8, 4) is 0 Å². The summed E-state index contributed by atoms with van der Waals surface area (Å²) >= 11 is 2.12. The molecule has 0 aromatic heterocycles. The predicted octanol–water partition coefficient (Wildman–Crippen LogP) is 1.72. The van der Waals surface area contributed by atoms with Gasteiger partial charge in [-0.15, -0.1) is 0 Å². The molecule has 1 aliphatic heterocycles. The molecule has 1 heterocycles. The molecule has 0 saturated carbocycles. The Morgan fingerprint density at radius 1 is 1.27 bits per heavy atom. The van der Waals surface area contributed by atoms with Crippen LogP contribution in [0.1, 0.15) is 20.3 Å². The highest BCUT2D eigenvalue weighted by Gasteiger charge is 2.25. The van der Waals surface area contributed by atoms with Gasteiger partial charge in [-0.3, -0.25) is 0 Å². The van der Waals surface area contributed by atoms with Crippen LogP contribution in [0.3, 0.4) is 0 Å². The molecule has 3 heteroatoms. The third-order valence-electron chi connectivity index (χ3n) is 3.19. The Hall–Kier alpha value is 0.01000. The molecule has 0 aromatic carbocycles. The van der Waals surface area contributed by atoms with Crippen LogP contribution in [0.25, 0.3) is 0 Å². The maximum absolute atomic E-state index is 5.88. The lowest BCUT2D eigenvalue weighted by atomic mass is 10.1. The molecule has 0 radical (unpaired) electrons. The van der Waals surface area contributed by atoms with Crippen LogP contribution in [0.2, 0.25) is 0 Å². The van der Waals surface area contributed by atoms with Gasteiger partial charge in [-0.25, -0.2) is 0 Å². The molecule has 1 saturated heterocycles. The number of thioether (sulfide) groups is 1. The van der Waals surface area contributed by atoms with E-state index in [1.165, 1.54) is 19.6 Å². The normalized spacial score (nSPS) is 42.3. The van der Waals surface area contributed by atoms with Crippen LogP contribution >= 0.6 is 11.8 Å². The Morgan fingerprint density at radius 2 is 1.93 bits per heavy atom. The number of rotatable bonds is 2. The standard InChI is InChI=1S/C12H22N2S/c1-9-6-14(7-10(2)15-9)8-11-3-4-12(13)5-11/h3-4,9-12H,5-8,13H2,1-2H3. The van der Waals surface area contributed by atoms with Crippen molar-refractivity contribution in [1.29, 1.82) is 0 Å². The molecule has 2 aliphatic rings. The first kappa shape index (κ1) is 11.5. The van der Waals surface area contributed by atoms with Crippen LogP contribution in [-0.2, 0) is 0 Å². The van der Waals surface area contributed by atoms with Crippen LogP contribution in [-0.4, -0.2) is 41.1 Å². The van der Waals surface area contributed by atoms with Crippen molar-refractivity contribution in [2.45, 2.75) is 36.8 Å². The van der Waals surface area contributed by atoms with Crippen molar-refractivity contribution in [3.63, 3.8) is 0 Å². The zero-order valence-electron chi connectivity index (χ0n) is 9.73. The Bertz CT molecular complexity index is 232. The van der Waals surface area contributed by atoms with Gasteiger partial charge in [-0.1, -0.05) is 26.0 Å². The second-order valence-corrected chi connectivity index (χ2v) is 6.90. The van der Waals surface area contributed by atoms with Crippen molar-refractivity contribution in [3.05, 3.63) is 12.2 Å². The number of nitrogens with two attached hydrogens (primary N) is 1. The Balaban J connectivity index is 1.81. The van der Waals surface area contributed by atoms with Crippen molar-refractivity contribution >= 4 is 11.8 Å². The van der Waals surface area contributed by atoms with Gasteiger partial charge in [0.05, 0.1) is 0 Å². The minimum atomic E-state index is 0.309. The lowest BCUT2D eigenvalue weighted by Gasteiger charge is -2.35. The van der Waals surface area contributed by atoms with E-state index in [4.69, 9.17) is 5.73 Å². The average Bonchev–Trinajstić information content (AvgIpc) is 2.49. The van der Waals surface area contributed by atoms with E-state index < -0.39 is 0 Å². The summed E-state index contributed by atoms with van der Waals surface area (Å²) in [5.41, 5.74) is 5.88. The van der Waals surface area contributed by atoms with E-state index in [2.05, 4.69) is 42.7 Å². The summed E-state index contributed by atoms with van der Waals surface area (Å²) in [6.07, 6.45) is 5.62. The molecular weight excluding hydrogens is 204 g/mol. The molecule has 0 bridgehead atoms.